The molecule has 13 heavy (non-hydrogen) atoms. The number of benzene rings is 1. The molecular formula is C10H13FOS. The van der Waals surface area contributed by atoms with Crippen LogP contribution in [0, 0.1) is 5.82 Å². The molecule has 1 aromatic carbocycles. The van der Waals surface area contributed by atoms with Crippen LogP contribution >= 0.6 is 12.6 Å². The van der Waals surface area contributed by atoms with E-state index in [0.717, 1.165) is 5.56 Å². The molecule has 0 radical (unpaired) electrons. The smallest absolute Gasteiger partial charge is 0.165 e. The summed E-state index contributed by atoms with van der Waals surface area (Å²) in [4.78, 5) is 0. The van der Waals surface area contributed by atoms with Crippen molar-refractivity contribution in [1.82, 2.24) is 0 Å². The fraction of sp³-hybridized carbons (Fsp3) is 0.400. The predicted molar refractivity (Wildman–Crippen MR) is 54.9 cm³/mol. The second kappa shape index (κ2) is 4.51. The maximum absolute atomic E-state index is 13.2. The molecule has 0 saturated heterocycles. The van der Waals surface area contributed by atoms with Crippen molar-refractivity contribution in [1.29, 1.82) is 0 Å². The van der Waals surface area contributed by atoms with Crippen LogP contribution in [-0.2, 0) is 5.75 Å². The molecule has 0 spiro atoms. The van der Waals surface area contributed by atoms with Crippen LogP contribution in [0.25, 0.3) is 0 Å². The molecule has 0 bridgehead atoms. The molecule has 72 valence electrons. The lowest BCUT2D eigenvalue weighted by molar-refractivity contribution is 0.229. The fourth-order valence-electron chi connectivity index (χ4n) is 1.05. The summed E-state index contributed by atoms with van der Waals surface area (Å²) < 4.78 is 18.6. The Morgan fingerprint density at radius 1 is 1.46 bits per heavy atom. The zero-order valence-electron chi connectivity index (χ0n) is 7.75. The molecular weight excluding hydrogens is 187 g/mol. The largest absolute Gasteiger partial charge is 0.488 e. The third kappa shape index (κ3) is 2.62. The van der Waals surface area contributed by atoms with E-state index in [9.17, 15) is 4.39 Å². The standard InChI is InChI=1S/C10H13FOS/c1-7(2)12-10-8(6-13)4-3-5-9(10)11/h3-5,7,13H,6H2,1-2H3. The summed E-state index contributed by atoms with van der Waals surface area (Å²) in [5, 5.41) is 0. The van der Waals surface area contributed by atoms with Gasteiger partial charge in [0.2, 0.25) is 0 Å². The zero-order valence-corrected chi connectivity index (χ0v) is 8.64. The van der Waals surface area contributed by atoms with Crippen LogP contribution < -0.4 is 4.74 Å². The van der Waals surface area contributed by atoms with Crippen molar-refractivity contribution < 1.29 is 9.13 Å². The highest BCUT2D eigenvalue weighted by Gasteiger charge is 2.09. The molecule has 0 aliphatic carbocycles. The Kier molecular flexibility index (Phi) is 3.60. The number of rotatable bonds is 3. The van der Waals surface area contributed by atoms with Gasteiger partial charge in [-0.3, -0.25) is 0 Å². The summed E-state index contributed by atoms with van der Waals surface area (Å²) in [6.07, 6.45) is -0.0180. The lowest BCUT2D eigenvalue weighted by atomic mass is 10.2. The zero-order chi connectivity index (χ0) is 9.84. The first-order chi connectivity index (χ1) is 6.15. The number of para-hydroxylation sites is 1. The van der Waals surface area contributed by atoms with Gasteiger partial charge in [0.05, 0.1) is 6.10 Å². The van der Waals surface area contributed by atoms with E-state index < -0.39 is 0 Å². The monoisotopic (exact) mass is 200 g/mol. The Bertz CT molecular complexity index is 286. The molecule has 0 amide bonds. The normalized spacial score (nSPS) is 10.5. The first-order valence-electron chi connectivity index (χ1n) is 4.20. The molecule has 0 saturated carbocycles. The molecule has 1 nitrogen and oxygen atoms in total. The highest BCUT2D eigenvalue weighted by Crippen LogP contribution is 2.24. The predicted octanol–water partition coefficient (Wildman–Crippen LogP) is 3.04. The Morgan fingerprint density at radius 2 is 2.15 bits per heavy atom. The molecule has 0 heterocycles. The molecule has 0 N–H and O–H groups in total. The summed E-state index contributed by atoms with van der Waals surface area (Å²) >= 11 is 4.10. The van der Waals surface area contributed by atoms with Gasteiger partial charge in [0.15, 0.2) is 11.6 Å². The van der Waals surface area contributed by atoms with E-state index in [-0.39, 0.29) is 11.9 Å². The van der Waals surface area contributed by atoms with Gasteiger partial charge in [-0.1, -0.05) is 12.1 Å². The van der Waals surface area contributed by atoms with E-state index in [4.69, 9.17) is 4.74 Å². The Hall–Kier alpha value is -0.700. The summed E-state index contributed by atoms with van der Waals surface area (Å²) in [5.74, 6) is 0.493. The number of halogens is 1. The van der Waals surface area contributed by atoms with Crippen molar-refractivity contribution in [3.63, 3.8) is 0 Å². The van der Waals surface area contributed by atoms with E-state index in [1.165, 1.54) is 6.07 Å². The van der Waals surface area contributed by atoms with Crippen LogP contribution in [0.4, 0.5) is 4.39 Å². The lowest BCUT2D eigenvalue weighted by Gasteiger charge is -2.13. The maximum Gasteiger partial charge on any atom is 0.165 e. The SMILES string of the molecule is CC(C)Oc1c(F)cccc1CS. The van der Waals surface area contributed by atoms with Gasteiger partial charge in [-0.2, -0.15) is 12.6 Å². The average molecular weight is 200 g/mol. The van der Waals surface area contributed by atoms with E-state index in [0.29, 0.717) is 11.5 Å². The van der Waals surface area contributed by atoms with Crippen molar-refractivity contribution in [3.05, 3.63) is 29.6 Å². The summed E-state index contributed by atoms with van der Waals surface area (Å²) in [6.45, 7) is 3.74. The molecule has 0 aliphatic rings. The molecule has 0 aromatic heterocycles. The highest BCUT2D eigenvalue weighted by molar-refractivity contribution is 7.79. The summed E-state index contributed by atoms with van der Waals surface area (Å²) in [7, 11) is 0. The fourth-order valence-corrected chi connectivity index (χ4v) is 1.29. The van der Waals surface area contributed by atoms with Crippen LogP contribution in [0.1, 0.15) is 19.4 Å². The van der Waals surface area contributed by atoms with Gasteiger partial charge in [0.1, 0.15) is 0 Å². The number of hydrogen-bond donors (Lipinski definition) is 1. The molecule has 0 fully saturated rings. The van der Waals surface area contributed by atoms with Gasteiger partial charge in [-0.25, -0.2) is 4.39 Å². The quantitative estimate of drug-likeness (QED) is 0.738. The molecule has 0 unspecified atom stereocenters. The van der Waals surface area contributed by atoms with Gasteiger partial charge in [-0.15, -0.1) is 0 Å². The second-order valence-corrected chi connectivity index (χ2v) is 3.37. The summed E-state index contributed by atoms with van der Waals surface area (Å²) in [5.41, 5.74) is 0.789. The highest BCUT2D eigenvalue weighted by atomic mass is 32.1. The third-order valence-corrected chi connectivity index (χ3v) is 1.91. The van der Waals surface area contributed by atoms with Crippen LogP contribution in [0.2, 0.25) is 0 Å². The van der Waals surface area contributed by atoms with E-state index in [1.807, 2.05) is 19.9 Å². The third-order valence-electron chi connectivity index (χ3n) is 1.57. The first-order valence-corrected chi connectivity index (χ1v) is 4.83. The van der Waals surface area contributed by atoms with E-state index in [1.54, 1.807) is 6.07 Å². The van der Waals surface area contributed by atoms with Crippen molar-refractivity contribution in [2.45, 2.75) is 25.7 Å². The number of thiol groups is 1. The number of hydrogen-bond acceptors (Lipinski definition) is 2. The van der Waals surface area contributed by atoms with Gasteiger partial charge in [0, 0.05) is 11.3 Å². The average Bonchev–Trinajstić information content (AvgIpc) is 2.08. The Labute approximate surface area is 83.3 Å². The maximum atomic E-state index is 13.2. The van der Waals surface area contributed by atoms with E-state index >= 15 is 0 Å². The molecule has 1 aromatic rings. The van der Waals surface area contributed by atoms with Crippen molar-refractivity contribution in [2.75, 3.05) is 0 Å². The van der Waals surface area contributed by atoms with E-state index in [2.05, 4.69) is 12.6 Å². The second-order valence-electron chi connectivity index (χ2n) is 3.05. The van der Waals surface area contributed by atoms with Crippen molar-refractivity contribution in [2.24, 2.45) is 0 Å². The van der Waals surface area contributed by atoms with Gasteiger partial charge >= 0.3 is 0 Å². The first kappa shape index (κ1) is 10.4. The van der Waals surface area contributed by atoms with Crippen molar-refractivity contribution >= 4 is 12.6 Å². The minimum absolute atomic E-state index is 0.0180. The van der Waals surface area contributed by atoms with Crippen LogP contribution in [-0.4, -0.2) is 6.10 Å². The van der Waals surface area contributed by atoms with Gasteiger partial charge in [0.25, 0.3) is 0 Å². The molecule has 0 aliphatic heterocycles. The summed E-state index contributed by atoms with van der Waals surface area (Å²) in [6, 6.07) is 4.87. The van der Waals surface area contributed by atoms with Crippen molar-refractivity contribution in [3.8, 4) is 5.75 Å². The number of ether oxygens (including phenoxy) is 1. The van der Waals surface area contributed by atoms with Crippen LogP contribution in [0.3, 0.4) is 0 Å². The Balaban J connectivity index is 3.00. The Morgan fingerprint density at radius 3 is 2.69 bits per heavy atom. The van der Waals surface area contributed by atoms with Gasteiger partial charge < -0.3 is 4.74 Å². The minimum atomic E-state index is -0.319. The molecule has 3 heteroatoms. The molecule has 1 rings (SSSR count). The van der Waals surface area contributed by atoms with Gasteiger partial charge in [-0.05, 0) is 19.9 Å². The minimum Gasteiger partial charge on any atom is -0.488 e. The topological polar surface area (TPSA) is 9.23 Å². The van der Waals surface area contributed by atoms with Crippen LogP contribution in [0.15, 0.2) is 18.2 Å². The lowest BCUT2D eigenvalue weighted by Crippen LogP contribution is -2.08. The van der Waals surface area contributed by atoms with Crippen LogP contribution in [0.5, 0.6) is 5.75 Å². The molecule has 0 atom stereocenters.